The molecule has 0 aliphatic heterocycles. The molecule has 1 unspecified atom stereocenters. The molecule has 1 N–H and O–H groups in total. The standard InChI is InChI=1S/C15H21F2NS/c1-18-14(10-19-11-6-3-2-4-7-11)15-12(16)8-5-9-13(15)17/h5,8-9,11,14,18H,2-4,6-7,10H2,1H3. The molecule has 1 fully saturated rings. The summed E-state index contributed by atoms with van der Waals surface area (Å²) in [4.78, 5) is 0. The van der Waals surface area contributed by atoms with Crippen molar-refractivity contribution in [2.24, 2.45) is 0 Å². The molecule has 1 atom stereocenters. The van der Waals surface area contributed by atoms with Crippen molar-refractivity contribution in [2.45, 2.75) is 43.4 Å². The Morgan fingerprint density at radius 2 is 1.84 bits per heavy atom. The van der Waals surface area contributed by atoms with Gasteiger partial charge in [0.1, 0.15) is 11.6 Å². The Balaban J connectivity index is 1.99. The van der Waals surface area contributed by atoms with Crippen LogP contribution in [0, 0.1) is 11.6 Å². The third-order valence-electron chi connectivity index (χ3n) is 3.75. The first-order valence-corrected chi connectivity index (χ1v) is 8.00. The zero-order valence-corrected chi connectivity index (χ0v) is 12.1. The molecule has 1 aliphatic rings. The van der Waals surface area contributed by atoms with Gasteiger partial charge >= 0.3 is 0 Å². The molecule has 1 nitrogen and oxygen atoms in total. The second-order valence-corrected chi connectivity index (χ2v) is 6.40. The summed E-state index contributed by atoms with van der Waals surface area (Å²) in [6.07, 6.45) is 6.38. The molecule has 106 valence electrons. The maximum Gasteiger partial charge on any atom is 0.130 e. The summed E-state index contributed by atoms with van der Waals surface area (Å²) >= 11 is 1.85. The summed E-state index contributed by atoms with van der Waals surface area (Å²) in [5, 5.41) is 3.69. The van der Waals surface area contributed by atoms with Crippen LogP contribution in [0.5, 0.6) is 0 Å². The Kier molecular flexibility index (Phi) is 5.64. The van der Waals surface area contributed by atoms with Gasteiger partial charge in [0.05, 0.1) is 0 Å². The molecular formula is C15H21F2NS. The van der Waals surface area contributed by atoms with E-state index in [2.05, 4.69) is 5.32 Å². The summed E-state index contributed by atoms with van der Waals surface area (Å²) in [5.74, 6) is -0.189. The van der Waals surface area contributed by atoms with E-state index < -0.39 is 11.6 Å². The predicted octanol–water partition coefficient (Wildman–Crippen LogP) is 4.29. The van der Waals surface area contributed by atoms with Gasteiger partial charge in [0.25, 0.3) is 0 Å². The number of rotatable bonds is 5. The predicted molar refractivity (Wildman–Crippen MR) is 77.5 cm³/mol. The molecule has 0 bridgehead atoms. The molecule has 0 aromatic heterocycles. The maximum absolute atomic E-state index is 13.8. The van der Waals surface area contributed by atoms with E-state index in [0.717, 1.165) is 5.75 Å². The lowest BCUT2D eigenvalue weighted by Crippen LogP contribution is -2.23. The van der Waals surface area contributed by atoms with Crippen LogP contribution in [-0.4, -0.2) is 18.1 Å². The lowest BCUT2D eigenvalue weighted by atomic mass is 10.0. The molecule has 2 rings (SSSR count). The van der Waals surface area contributed by atoms with Crippen LogP contribution in [0.15, 0.2) is 18.2 Å². The quantitative estimate of drug-likeness (QED) is 0.866. The van der Waals surface area contributed by atoms with Crippen molar-refractivity contribution in [1.29, 1.82) is 0 Å². The Bertz CT molecular complexity index is 385. The van der Waals surface area contributed by atoms with Crippen LogP contribution in [0.25, 0.3) is 0 Å². The van der Waals surface area contributed by atoms with Gasteiger partial charge in [0.2, 0.25) is 0 Å². The molecule has 0 saturated heterocycles. The highest BCUT2D eigenvalue weighted by atomic mass is 32.2. The summed E-state index contributed by atoms with van der Waals surface area (Å²) in [6.45, 7) is 0. The fraction of sp³-hybridized carbons (Fsp3) is 0.600. The molecule has 19 heavy (non-hydrogen) atoms. The van der Waals surface area contributed by atoms with Crippen molar-refractivity contribution < 1.29 is 8.78 Å². The van der Waals surface area contributed by atoms with Crippen molar-refractivity contribution in [3.63, 3.8) is 0 Å². The third-order valence-corrected chi connectivity index (χ3v) is 5.22. The summed E-state index contributed by atoms with van der Waals surface area (Å²) < 4.78 is 27.5. The Hall–Kier alpha value is -0.610. The van der Waals surface area contributed by atoms with Gasteiger partial charge in [-0.25, -0.2) is 8.78 Å². The van der Waals surface area contributed by atoms with Crippen LogP contribution in [0.2, 0.25) is 0 Å². The summed E-state index contributed by atoms with van der Waals surface area (Å²) in [6, 6.07) is 3.81. The molecule has 0 spiro atoms. The van der Waals surface area contributed by atoms with Gasteiger partial charge in [-0.05, 0) is 32.0 Å². The minimum Gasteiger partial charge on any atom is -0.312 e. The minimum absolute atomic E-state index is 0.174. The van der Waals surface area contributed by atoms with Gasteiger partial charge < -0.3 is 5.32 Å². The van der Waals surface area contributed by atoms with E-state index in [1.165, 1.54) is 50.3 Å². The van der Waals surface area contributed by atoms with Crippen LogP contribution >= 0.6 is 11.8 Å². The number of halogens is 2. The zero-order valence-electron chi connectivity index (χ0n) is 11.3. The highest BCUT2D eigenvalue weighted by Crippen LogP contribution is 2.32. The average Bonchev–Trinajstić information content (AvgIpc) is 2.43. The van der Waals surface area contributed by atoms with Crippen LogP contribution in [0.4, 0.5) is 8.78 Å². The third kappa shape index (κ3) is 3.93. The van der Waals surface area contributed by atoms with Crippen molar-refractivity contribution in [3.8, 4) is 0 Å². The van der Waals surface area contributed by atoms with E-state index in [0.29, 0.717) is 5.25 Å². The first-order valence-electron chi connectivity index (χ1n) is 6.95. The highest BCUT2D eigenvalue weighted by Gasteiger charge is 2.21. The van der Waals surface area contributed by atoms with Crippen molar-refractivity contribution in [3.05, 3.63) is 35.4 Å². The normalized spacial score (nSPS) is 18.5. The molecule has 0 heterocycles. The van der Waals surface area contributed by atoms with Gasteiger partial charge in [-0.3, -0.25) is 0 Å². The fourth-order valence-electron chi connectivity index (χ4n) is 2.62. The second kappa shape index (κ2) is 7.25. The first-order chi connectivity index (χ1) is 9.22. The fourth-order valence-corrected chi connectivity index (χ4v) is 4.08. The average molecular weight is 285 g/mol. The Morgan fingerprint density at radius 1 is 1.21 bits per heavy atom. The molecule has 1 saturated carbocycles. The molecule has 0 amide bonds. The molecule has 1 aromatic rings. The van der Waals surface area contributed by atoms with Crippen molar-refractivity contribution >= 4 is 11.8 Å². The number of hydrogen-bond donors (Lipinski definition) is 1. The lowest BCUT2D eigenvalue weighted by molar-refractivity contribution is 0.505. The number of thioether (sulfide) groups is 1. The van der Waals surface area contributed by atoms with E-state index in [1.54, 1.807) is 7.05 Å². The van der Waals surface area contributed by atoms with E-state index in [-0.39, 0.29) is 11.6 Å². The zero-order chi connectivity index (χ0) is 13.7. The van der Waals surface area contributed by atoms with E-state index in [1.807, 2.05) is 11.8 Å². The SMILES string of the molecule is CNC(CSC1CCCCC1)c1c(F)cccc1F. The van der Waals surface area contributed by atoms with E-state index >= 15 is 0 Å². The maximum atomic E-state index is 13.8. The number of hydrogen-bond acceptors (Lipinski definition) is 2. The van der Waals surface area contributed by atoms with Gasteiger partial charge in [-0.2, -0.15) is 11.8 Å². The molecule has 1 aliphatic carbocycles. The lowest BCUT2D eigenvalue weighted by Gasteiger charge is -2.24. The Morgan fingerprint density at radius 3 is 2.42 bits per heavy atom. The molecule has 4 heteroatoms. The van der Waals surface area contributed by atoms with Gasteiger partial charge in [-0.15, -0.1) is 0 Å². The van der Waals surface area contributed by atoms with Crippen LogP contribution in [0.3, 0.4) is 0 Å². The molecule has 0 radical (unpaired) electrons. The van der Waals surface area contributed by atoms with Crippen molar-refractivity contribution in [1.82, 2.24) is 5.32 Å². The second-order valence-electron chi connectivity index (χ2n) is 5.07. The Labute approximate surface area is 118 Å². The van der Waals surface area contributed by atoms with Gasteiger partial charge in [0, 0.05) is 22.6 Å². The van der Waals surface area contributed by atoms with E-state index in [4.69, 9.17) is 0 Å². The van der Waals surface area contributed by atoms with Gasteiger partial charge in [0.15, 0.2) is 0 Å². The van der Waals surface area contributed by atoms with Crippen molar-refractivity contribution in [2.75, 3.05) is 12.8 Å². The number of benzene rings is 1. The minimum atomic E-state index is -0.455. The van der Waals surface area contributed by atoms with Gasteiger partial charge in [-0.1, -0.05) is 25.3 Å². The monoisotopic (exact) mass is 285 g/mol. The smallest absolute Gasteiger partial charge is 0.130 e. The molecule has 1 aromatic carbocycles. The van der Waals surface area contributed by atoms with Crippen LogP contribution in [-0.2, 0) is 0 Å². The van der Waals surface area contributed by atoms with Crippen LogP contribution < -0.4 is 5.32 Å². The highest BCUT2D eigenvalue weighted by molar-refractivity contribution is 7.99. The summed E-state index contributed by atoms with van der Waals surface area (Å²) in [7, 11) is 1.76. The number of nitrogens with one attached hydrogen (secondary N) is 1. The summed E-state index contributed by atoms with van der Waals surface area (Å²) in [5.41, 5.74) is 0.174. The first kappa shape index (κ1) is 14.8. The topological polar surface area (TPSA) is 12.0 Å². The van der Waals surface area contributed by atoms with Crippen LogP contribution in [0.1, 0.15) is 43.7 Å². The largest absolute Gasteiger partial charge is 0.312 e. The molecular weight excluding hydrogens is 264 g/mol. The van der Waals surface area contributed by atoms with E-state index in [9.17, 15) is 8.78 Å².